The molecule has 0 spiro atoms. The van der Waals surface area contributed by atoms with Crippen molar-refractivity contribution in [1.29, 1.82) is 0 Å². The molecule has 0 amide bonds. The van der Waals surface area contributed by atoms with E-state index in [0.29, 0.717) is 12.8 Å². The second-order valence-corrected chi connectivity index (χ2v) is 3.13. The number of Topliss-reactive ketones (excluding diaryl/α,β-unsaturated/α-hetero) is 1. The van der Waals surface area contributed by atoms with Gasteiger partial charge >= 0.3 is 0 Å². The van der Waals surface area contributed by atoms with Crippen LogP contribution in [0.15, 0.2) is 23.8 Å². The van der Waals surface area contributed by atoms with E-state index < -0.39 is 0 Å². The molecule has 0 saturated carbocycles. The van der Waals surface area contributed by atoms with E-state index in [1.165, 1.54) is 0 Å². The number of hydrogen-bond donors (Lipinski definition) is 0. The molecule has 0 bridgehead atoms. The number of allylic oxidation sites excluding steroid dienone is 4. The zero-order valence-electron chi connectivity index (χ0n) is 6.51. The fourth-order valence-corrected chi connectivity index (χ4v) is 1.32. The first kappa shape index (κ1) is 8.54. The maximum atomic E-state index is 11.2. The highest BCUT2D eigenvalue weighted by Gasteiger charge is 2.12. The van der Waals surface area contributed by atoms with Gasteiger partial charge in [-0.1, -0.05) is 25.2 Å². The molecular formula is C9H11ClO. The Morgan fingerprint density at radius 2 is 2.55 bits per heavy atom. The highest BCUT2D eigenvalue weighted by Crippen LogP contribution is 2.18. The maximum Gasteiger partial charge on any atom is 0.158 e. The fourth-order valence-electron chi connectivity index (χ4n) is 1.07. The van der Waals surface area contributed by atoms with Gasteiger partial charge in [0.15, 0.2) is 5.78 Å². The summed E-state index contributed by atoms with van der Waals surface area (Å²) < 4.78 is 0. The van der Waals surface area contributed by atoms with Crippen molar-refractivity contribution in [3.63, 3.8) is 0 Å². The number of carbonyl (C=O) groups is 1. The molecule has 0 aromatic rings. The Morgan fingerprint density at radius 3 is 3.09 bits per heavy atom. The molecule has 0 saturated heterocycles. The molecule has 0 aromatic heterocycles. The normalized spacial score (nSPS) is 23.1. The zero-order valence-corrected chi connectivity index (χ0v) is 7.27. The van der Waals surface area contributed by atoms with Gasteiger partial charge in [-0.15, -0.1) is 11.6 Å². The number of rotatable bonds is 2. The summed E-state index contributed by atoms with van der Waals surface area (Å²) in [4.78, 5) is 11.2. The molecule has 1 rings (SSSR count). The summed E-state index contributed by atoms with van der Waals surface area (Å²) in [5.41, 5.74) is 0.856. The van der Waals surface area contributed by atoms with Gasteiger partial charge in [0.1, 0.15) is 0 Å². The smallest absolute Gasteiger partial charge is 0.158 e. The van der Waals surface area contributed by atoms with Crippen LogP contribution in [-0.4, -0.2) is 11.2 Å². The molecule has 11 heavy (non-hydrogen) atoms. The summed E-state index contributed by atoms with van der Waals surface area (Å²) in [5, 5.41) is 0.00509. The van der Waals surface area contributed by atoms with Crippen LogP contribution in [0, 0.1) is 0 Å². The third-order valence-corrected chi connectivity index (χ3v) is 2.01. The minimum atomic E-state index is 0.00509. The highest BCUT2D eigenvalue weighted by molar-refractivity contribution is 6.22. The molecule has 1 unspecified atom stereocenters. The third kappa shape index (κ3) is 2.19. The molecule has 2 heteroatoms. The molecule has 1 atom stereocenters. The van der Waals surface area contributed by atoms with Crippen molar-refractivity contribution in [3.8, 4) is 0 Å². The van der Waals surface area contributed by atoms with Crippen molar-refractivity contribution < 1.29 is 4.79 Å². The Labute approximate surface area is 71.7 Å². The van der Waals surface area contributed by atoms with Gasteiger partial charge in [-0.25, -0.2) is 0 Å². The lowest BCUT2D eigenvalue weighted by molar-refractivity contribution is -0.115. The van der Waals surface area contributed by atoms with Gasteiger partial charge in [-0.2, -0.15) is 0 Å². The summed E-state index contributed by atoms with van der Waals surface area (Å²) >= 11 is 5.83. The average Bonchev–Trinajstić information content (AvgIpc) is 2.03. The minimum absolute atomic E-state index is 0.00509. The van der Waals surface area contributed by atoms with Gasteiger partial charge in [-0.05, 0) is 12.0 Å². The van der Waals surface area contributed by atoms with Crippen molar-refractivity contribution in [2.75, 3.05) is 0 Å². The van der Waals surface area contributed by atoms with Crippen LogP contribution < -0.4 is 0 Å². The minimum Gasteiger partial charge on any atom is -0.295 e. The molecule has 60 valence electrons. The Bertz CT molecular complexity index is 216. The number of alkyl halides is 1. The SMILES string of the molecule is CCC(=O)C1=CC=CC(Cl)C1. The molecule has 0 radical (unpaired) electrons. The largest absolute Gasteiger partial charge is 0.295 e. The van der Waals surface area contributed by atoms with Gasteiger partial charge in [0.25, 0.3) is 0 Å². The monoisotopic (exact) mass is 170 g/mol. The predicted molar refractivity (Wildman–Crippen MR) is 46.8 cm³/mol. The first-order valence-electron chi connectivity index (χ1n) is 3.78. The summed E-state index contributed by atoms with van der Waals surface area (Å²) in [6.07, 6.45) is 6.86. The van der Waals surface area contributed by atoms with Crippen LogP contribution >= 0.6 is 11.6 Å². The second kappa shape index (κ2) is 3.72. The van der Waals surface area contributed by atoms with Gasteiger partial charge in [0.2, 0.25) is 0 Å². The van der Waals surface area contributed by atoms with Crippen LogP contribution in [0.5, 0.6) is 0 Å². The molecule has 0 heterocycles. The number of hydrogen-bond acceptors (Lipinski definition) is 1. The molecule has 0 fully saturated rings. The Kier molecular flexibility index (Phi) is 2.89. The van der Waals surface area contributed by atoms with E-state index in [0.717, 1.165) is 5.57 Å². The van der Waals surface area contributed by atoms with Crippen LogP contribution in [0.25, 0.3) is 0 Å². The van der Waals surface area contributed by atoms with Gasteiger partial charge in [-0.3, -0.25) is 4.79 Å². The van der Waals surface area contributed by atoms with Crippen molar-refractivity contribution in [2.24, 2.45) is 0 Å². The van der Waals surface area contributed by atoms with Gasteiger partial charge in [0, 0.05) is 6.42 Å². The molecule has 0 N–H and O–H groups in total. The highest BCUT2D eigenvalue weighted by atomic mass is 35.5. The lowest BCUT2D eigenvalue weighted by atomic mass is 9.99. The van der Waals surface area contributed by atoms with Crippen LogP contribution in [0.1, 0.15) is 19.8 Å². The van der Waals surface area contributed by atoms with Crippen molar-refractivity contribution in [3.05, 3.63) is 23.8 Å². The standard InChI is InChI=1S/C9H11ClO/c1-2-9(11)7-4-3-5-8(10)6-7/h3-5,8H,2,6H2,1H3. The van der Waals surface area contributed by atoms with Crippen molar-refractivity contribution >= 4 is 17.4 Å². The lowest BCUT2D eigenvalue weighted by Gasteiger charge is -2.10. The first-order valence-corrected chi connectivity index (χ1v) is 4.22. The molecule has 0 aliphatic heterocycles. The number of ketones is 1. The van der Waals surface area contributed by atoms with E-state index in [1.54, 1.807) is 0 Å². The second-order valence-electron chi connectivity index (χ2n) is 2.57. The summed E-state index contributed by atoms with van der Waals surface area (Å²) in [7, 11) is 0. The first-order chi connectivity index (χ1) is 5.24. The molecule has 1 aliphatic rings. The number of halogens is 1. The summed E-state index contributed by atoms with van der Waals surface area (Å²) in [5.74, 6) is 0.208. The Balaban J connectivity index is 2.66. The van der Waals surface area contributed by atoms with E-state index in [-0.39, 0.29) is 11.2 Å². The third-order valence-electron chi connectivity index (χ3n) is 1.71. The van der Waals surface area contributed by atoms with Gasteiger partial charge in [0.05, 0.1) is 5.38 Å². The quantitative estimate of drug-likeness (QED) is 0.582. The van der Waals surface area contributed by atoms with E-state index in [4.69, 9.17) is 11.6 Å². The topological polar surface area (TPSA) is 17.1 Å². The molecule has 1 nitrogen and oxygen atoms in total. The van der Waals surface area contributed by atoms with Crippen LogP contribution in [-0.2, 0) is 4.79 Å². The average molecular weight is 171 g/mol. The van der Waals surface area contributed by atoms with E-state index in [9.17, 15) is 4.79 Å². The van der Waals surface area contributed by atoms with E-state index >= 15 is 0 Å². The zero-order chi connectivity index (χ0) is 8.27. The molecule has 0 aromatic carbocycles. The van der Waals surface area contributed by atoms with Crippen LogP contribution in [0.2, 0.25) is 0 Å². The molecular weight excluding hydrogens is 160 g/mol. The van der Waals surface area contributed by atoms with Crippen molar-refractivity contribution in [1.82, 2.24) is 0 Å². The lowest BCUT2D eigenvalue weighted by Crippen LogP contribution is -2.08. The van der Waals surface area contributed by atoms with Crippen LogP contribution in [0.4, 0.5) is 0 Å². The Hall–Kier alpha value is -0.560. The van der Waals surface area contributed by atoms with Crippen LogP contribution in [0.3, 0.4) is 0 Å². The maximum absolute atomic E-state index is 11.2. The number of carbonyl (C=O) groups excluding carboxylic acids is 1. The summed E-state index contributed by atoms with van der Waals surface area (Å²) in [6.45, 7) is 1.87. The molecule has 1 aliphatic carbocycles. The van der Waals surface area contributed by atoms with E-state index in [1.807, 2.05) is 25.2 Å². The van der Waals surface area contributed by atoms with Crippen molar-refractivity contribution in [2.45, 2.75) is 25.1 Å². The fraction of sp³-hybridized carbons (Fsp3) is 0.444. The van der Waals surface area contributed by atoms with Gasteiger partial charge < -0.3 is 0 Å². The van der Waals surface area contributed by atoms with E-state index in [2.05, 4.69) is 0 Å². The predicted octanol–water partition coefficient (Wildman–Crippen LogP) is 2.46. The summed E-state index contributed by atoms with van der Waals surface area (Å²) in [6, 6.07) is 0. The Morgan fingerprint density at radius 1 is 1.82 bits per heavy atom.